The maximum atomic E-state index is 11.7. The molecule has 0 spiro atoms. The summed E-state index contributed by atoms with van der Waals surface area (Å²) in [5, 5.41) is 17.5. The SMILES string of the molecule is O=C(O)CSc1nnc(C2CC2)n1C1CCS(=O)(=O)C1. The average Bonchev–Trinajstić information content (AvgIpc) is 3.02. The van der Waals surface area contributed by atoms with Crippen molar-refractivity contribution in [2.45, 2.75) is 36.4 Å². The zero-order chi connectivity index (χ0) is 14.3. The molecule has 0 radical (unpaired) electrons. The minimum absolute atomic E-state index is 0.0950. The molecule has 1 aromatic heterocycles. The van der Waals surface area contributed by atoms with E-state index in [0.717, 1.165) is 30.4 Å². The van der Waals surface area contributed by atoms with Gasteiger partial charge in [-0.3, -0.25) is 4.79 Å². The fraction of sp³-hybridized carbons (Fsp3) is 0.727. The molecular formula is C11H15N3O4S2. The van der Waals surface area contributed by atoms with Crippen molar-refractivity contribution in [3.8, 4) is 0 Å². The van der Waals surface area contributed by atoms with E-state index in [2.05, 4.69) is 10.2 Å². The van der Waals surface area contributed by atoms with E-state index in [9.17, 15) is 13.2 Å². The average molecular weight is 317 g/mol. The second-order valence-electron chi connectivity index (χ2n) is 5.22. The molecule has 1 aliphatic carbocycles. The van der Waals surface area contributed by atoms with Crippen molar-refractivity contribution in [3.63, 3.8) is 0 Å². The van der Waals surface area contributed by atoms with Gasteiger partial charge in [-0.1, -0.05) is 11.8 Å². The van der Waals surface area contributed by atoms with Gasteiger partial charge in [0.05, 0.1) is 23.3 Å². The maximum Gasteiger partial charge on any atom is 0.313 e. The number of hydrogen-bond acceptors (Lipinski definition) is 6. The summed E-state index contributed by atoms with van der Waals surface area (Å²) in [5.41, 5.74) is 0. The van der Waals surface area contributed by atoms with E-state index in [1.807, 2.05) is 4.57 Å². The normalized spacial score (nSPS) is 24.9. The van der Waals surface area contributed by atoms with Crippen LogP contribution >= 0.6 is 11.8 Å². The largest absolute Gasteiger partial charge is 0.481 e. The van der Waals surface area contributed by atoms with Gasteiger partial charge < -0.3 is 9.67 Å². The maximum absolute atomic E-state index is 11.7. The number of carboxylic acids is 1. The number of carbonyl (C=O) groups is 1. The topological polar surface area (TPSA) is 102 Å². The van der Waals surface area contributed by atoms with Gasteiger partial charge in [0.2, 0.25) is 0 Å². The molecule has 1 aromatic rings. The first-order valence-corrected chi connectivity index (χ1v) is 9.27. The number of carboxylic acid groups (broad SMARTS) is 1. The Morgan fingerprint density at radius 2 is 2.10 bits per heavy atom. The van der Waals surface area contributed by atoms with Crippen LogP contribution in [0.2, 0.25) is 0 Å². The van der Waals surface area contributed by atoms with Gasteiger partial charge in [0.1, 0.15) is 5.82 Å². The van der Waals surface area contributed by atoms with Crippen molar-refractivity contribution < 1.29 is 18.3 Å². The van der Waals surface area contributed by atoms with Crippen LogP contribution in [0.5, 0.6) is 0 Å². The number of aliphatic carboxylic acids is 1. The molecule has 1 saturated carbocycles. The number of nitrogens with zero attached hydrogens (tertiary/aromatic N) is 3. The van der Waals surface area contributed by atoms with Crippen LogP contribution in [0, 0.1) is 0 Å². The molecule has 20 heavy (non-hydrogen) atoms. The van der Waals surface area contributed by atoms with Gasteiger partial charge in [0.15, 0.2) is 15.0 Å². The van der Waals surface area contributed by atoms with Crippen molar-refractivity contribution in [2.75, 3.05) is 17.3 Å². The highest BCUT2D eigenvalue weighted by molar-refractivity contribution is 7.99. The molecule has 2 aliphatic rings. The second kappa shape index (κ2) is 5.03. The van der Waals surface area contributed by atoms with Crippen LogP contribution in [0.1, 0.15) is 37.0 Å². The summed E-state index contributed by atoms with van der Waals surface area (Å²) in [6, 6.07) is -0.151. The zero-order valence-corrected chi connectivity index (χ0v) is 12.4. The molecule has 1 N–H and O–H groups in total. The fourth-order valence-electron chi connectivity index (χ4n) is 2.46. The van der Waals surface area contributed by atoms with Gasteiger partial charge in [0.25, 0.3) is 0 Å². The predicted molar refractivity (Wildman–Crippen MR) is 72.7 cm³/mol. The lowest BCUT2D eigenvalue weighted by molar-refractivity contribution is -0.133. The molecule has 7 nitrogen and oxygen atoms in total. The Labute approximate surface area is 120 Å². The van der Waals surface area contributed by atoms with Crippen LogP contribution < -0.4 is 0 Å². The van der Waals surface area contributed by atoms with Crippen LogP contribution in [0.15, 0.2) is 5.16 Å². The minimum Gasteiger partial charge on any atom is -0.481 e. The first kappa shape index (κ1) is 13.9. The summed E-state index contributed by atoms with van der Waals surface area (Å²) in [4.78, 5) is 10.7. The monoisotopic (exact) mass is 317 g/mol. The standard InChI is InChI=1S/C11H15N3O4S2/c15-9(16)5-19-11-13-12-10(7-1-2-7)14(11)8-3-4-20(17,18)6-8/h7-8H,1-6H2,(H,15,16). The summed E-state index contributed by atoms with van der Waals surface area (Å²) < 4.78 is 25.2. The molecule has 0 aromatic carbocycles. The molecule has 0 bridgehead atoms. The Kier molecular flexibility index (Phi) is 3.49. The minimum atomic E-state index is -2.99. The third-order valence-electron chi connectivity index (χ3n) is 3.53. The number of rotatable bonds is 5. The lowest BCUT2D eigenvalue weighted by Gasteiger charge is -2.15. The molecule has 2 fully saturated rings. The van der Waals surface area contributed by atoms with Gasteiger partial charge in [0, 0.05) is 5.92 Å². The van der Waals surface area contributed by atoms with E-state index in [1.54, 1.807) is 0 Å². The Morgan fingerprint density at radius 3 is 2.65 bits per heavy atom. The quantitative estimate of drug-likeness (QED) is 0.797. The predicted octanol–water partition coefficient (Wildman–Crippen LogP) is 0.692. The molecule has 1 saturated heterocycles. The fourth-order valence-corrected chi connectivity index (χ4v) is 4.89. The van der Waals surface area contributed by atoms with Crippen LogP contribution in [-0.4, -0.2) is 51.5 Å². The molecular weight excluding hydrogens is 302 g/mol. The summed E-state index contributed by atoms with van der Waals surface area (Å²) in [6.07, 6.45) is 2.64. The van der Waals surface area contributed by atoms with E-state index in [0.29, 0.717) is 17.5 Å². The van der Waals surface area contributed by atoms with Crippen molar-refractivity contribution in [1.82, 2.24) is 14.8 Å². The molecule has 2 heterocycles. The molecule has 1 unspecified atom stereocenters. The number of hydrogen-bond donors (Lipinski definition) is 1. The van der Waals surface area contributed by atoms with Crippen molar-refractivity contribution >= 4 is 27.6 Å². The third kappa shape index (κ3) is 2.83. The number of thioether (sulfide) groups is 1. The third-order valence-corrected chi connectivity index (χ3v) is 6.21. The molecule has 110 valence electrons. The Morgan fingerprint density at radius 1 is 1.35 bits per heavy atom. The number of aromatic nitrogens is 3. The first-order valence-electron chi connectivity index (χ1n) is 6.46. The highest BCUT2D eigenvalue weighted by Crippen LogP contribution is 2.42. The first-order chi connectivity index (χ1) is 9.46. The van der Waals surface area contributed by atoms with Gasteiger partial charge in [-0.05, 0) is 19.3 Å². The van der Waals surface area contributed by atoms with E-state index in [4.69, 9.17) is 5.11 Å². The zero-order valence-electron chi connectivity index (χ0n) is 10.7. The van der Waals surface area contributed by atoms with Crippen molar-refractivity contribution in [3.05, 3.63) is 5.82 Å². The summed E-state index contributed by atoms with van der Waals surface area (Å²) >= 11 is 1.10. The highest BCUT2D eigenvalue weighted by atomic mass is 32.2. The van der Waals surface area contributed by atoms with Crippen LogP contribution in [0.25, 0.3) is 0 Å². The molecule has 1 atom stereocenters. The summed E-state index contributed by atoms with van der Waals surface area (Å²) in [6.45, 7) is 0. The molecule has 0 amide bonds. The smallest absolute Gasteiger partial charge is 0.313 e. The summed E-state index contributed by atoms with van der Waals surface area (Å²) in [5.74, 6) is 0.443. The molecule has 9 heteroatoms. The second-order valence-corrected chi connectivity index (χ2v) is 8.40. The van der Waals surface area contributed by atoms with Crippen LogP contribution in [0.4, 0.5) is 0 Å². The Balaban J connectivity index is 1.89. The van der Waals surface area contributed by atoms with E-state index in [1.165, 1.54) is 0 Å². The lowest BCUT2D eigenvalue weighted by Crippen LogP contribution is -2.15. The van der Waals surface area contributed by atoms with Gasteiger partial charge in [-0.25, -0.2) is 8.42 Å². The van der Waals surface area contributed by atoms with Crippen molar-refractivity contribution in [2.24, 2.45) is 0 Å². The van der Waals surface area contributed by atoms with E-state index < -0.39 is 15.8 Å². The number of sulfone groups is 1. The highest BCUT2D eigenvalue weighted by Gasteiger charge is 2.37. The Hall–Kier alpha value is -1.09. The molecule has 1 aliphatic heterocycles. The van der Waals surface area contributed by atoms with Crippen LogP contribution in [-0.2, 0) is 14.6 Å². The van der Waals surface area contributed by atoms with Crippen molar-refractivity contribution in [1.29, 1.82) is 0 Å². The van der Waals surface area contributed by atoms with Gasteiger partial charge >= 0.3 is 5.97 Å². The molecule has 3 rings (SSSR count). The van der Waals surface area contributed by atoms with E-state index in [-0.39, 0.29) is 23.3 Å². The van der Waals surface area contributed by atoms with Gasteiger partial charge in [-0.15, -0.1) is 10.2 Å². The Bertz CT molecular complexity index is 636. The van der Waals surface area contributed by atoms with Gasteiger partial charge in [-0.2, -0.15) is 0 Å². The van der Waals surface area contributed by atoms with E-state index >= 15 is 0 Å². The van der Waals surface area contributed by atoms with Crippen LogP contribution in [0.3, 0.4) is 0 Å². The lowest BCUT2D eigenvalue weighted by atomic mass is 10.2. The summed E-state index contributed by atoms with van der Waals surface area (Å²) in [7, 11) is -2.99.